The molecule has 0 bridgehead atoms. The van der Waals surface area contributed by atoms with Gasteiger partial charge in [-0.1, -0.05) is 48.5 Å². The second-order valence-corrected chi connectivity index (χ2v) is 10.4. The fourth-order valence-corrected chi connectivity index (χ4v) is 4.58. The molecule has 2 N–H and O–H groups in total. The molecule has 3 aromatic carbocycles. The smallest absolute Gasteiger partial charge is 0.253 e. The lowest BCUT2D eigenvalue weighted by Gasteiger charge is -2.23. The molecule has 0 spiro atoms. The number of nitrogens with one attached hydrogen (secondary N) is 2. The van der Waals surface area contributed by atoms with E-state index in [0.717, 1.165) is 22.9 Å². The number of rotatable bonds is 10. The number of sulfonamides is 1. The molecule has 0 aliphatic heterocycles. The van der Waals surface area contributed by atoms with Gasteiger partial charge in [0.15, 0.2) is 0 Å². The molecule has 0 atom stereocenters. The standard InChI is InChI=1S/C27H31N3O4S/c1-20-15-16-23(18-21(20)2)30(35(3,33)34)17-9-14-26(31)29-25-13-8-7-12-24(25)27(32)28-19-22-10-5-4-6-11-22/h4-8,10-13,15-16,18H,9,14,17,19H2,1-3H3,(H,28,32)(H,29,31). The monoisotopic (exact) mass is 493 g/mol. The number of carbonyl (C=O) groups is 2. The van der Waals surface area contributed by atoms with Crippen molar-refractivity contribution in [1.29, 1.82) is 0 Å². The van der Waals surface area contributed by atoms with Crippen molar-refractivity contribution in [2.75, 3.05) is 22.4 Å². The highest BCUT2D eigenvalue weighted by molar-refractivity contribution is 7.92. The van der Waals surface area contributed by atoms with Crippen LogP contribution in [0.4, 0.5) is 11.4 Å². The van der Waals surface area contributed by atoms with Crippen molar-refractivity contribution >= 4 is 33.2 Å². The number of nitrogens with zero attached hydrogens (tertiary/aromatic N) is 1. The molecule has 0 aromatic heterocycles. The van der Waals surface area contributed by atoms with Gasteiger partial charge in [0.25, 0.3) is 5.91 Å². The third-order valence-corrected chi connectivity index (χ3v) is 6.88. The first-order chi connectivity index (χ1) is 16.6. The molecule has 0 aliphatic rings. The highest BCUT2D eigenvalue weighted by Gasteiger charge is 2.19. The largest absolute Gasteiger partial charge is 0.348 e. The normalized spacial score (nSPS) is 11.1. The first-order valence-electron chi connectivity index (χ1n) is 11.4. The van der Waals surface area contributed by atoms with Crippen molar-refractivity contribution in [3.05, 3.63) is 95.1 Å². The summed E-state index contributed by atoms with van der Waals surface area (Å²) in [6.07, 6.45) is 1.59. The van der Waals surface area contributed by atoms with Gasteiger partial charge in [0, 0.05) is 19.5 Å². The maximum Gasteiger partial charge on any atom is 0.253 e. The Labute approximate surface area is 207 Å². The number of para-hydroxylation sites is 1. The number of anilines is 2. The van der Waals surface area contributed by atoms with Crippen molar-refractivity contribution in [2.45, 2.75) is 33.2 Å². The molecule has 8 heteroatoms. The zero-order valence-electron chi connectivity index (χ0n) is 20.2. The fourth-order valence-electron chi connectivity index (χ4n) is 3.63. The van der Waals surface area contributed by atoms with Crippen molar-refractivity contribution in [3.8, 4) is 0 Å². The number of carbonyl (C=O) groups excluding carboxylic acids is 2. The Morgan fingerprint density at radius 3 is 2.26 bits per heavy atom. The predicted molar refractivity (Wildman–Crippen MR) is 140 cm³/mol. The maximum atomic E-state index is 12.7. The third-order valence-electron chi connectivity index (χ3n) is 5.69. The van der Waals surface area contributed by atoms with Crippen LogP contribution in [-0.4, -0.2) is 33.0 Å². The van der Waals surface area contributed by atoms with Gasteiger partial charge >= 0.3 is 0 Å². The van der Waals surface area contributed by atoms with E-state index in [2.05, 4.69) is 10.6 Å². The summed E-state index contributed by atoms with van der Waals surface area (Å²) in [6, 6.07) is 21.9. The van der Waals surface area contributed by atoms with Gasteiger partial charge in [-0.15, -0.1) is 0 Å². The van der Waals surface area contributed by atoms with Gasteiger partial charge in [-0.25, -0.2) is 8.42 Å². The zero-order chi connectivity index (χ0) is 25.4. The summed E-state index contributed by atoms with van der Waals surface area (Å²) in [5, 5.41) is 5.66. The van der Waals surface area contributed by atoms with Gasteiger partial charge in [0.2, 0.25) is 15.9 Å². The van der Waals surface area contributed by atoms with Crippen LogP contribution in [0.3, 0.4) is 0 Å². The van der Waals surface area contributed by atoms with Crippen LogP contribution in [0.2, 0.25) is 0 Å². The predicted octanol–water partition coefficient (Wildman–Crippen LogP) is 4.42. The lowest BCUT2D eigenvalue weighted by Crippen LogP contribution is -2.31. The van der Waals surface area contributed by atoms with Crippen molar-refractivity contribution in [1.82, 2.24) is 5.32 Å². The van der Waals surface area contributed by atoms with Crippen LogP contribution in [0.25, 0.3) is 0 Å². The molecule has 0 unspecified atom stereocenters. The molecular weight excluding hydrogens is 462 g/mol. The number of benzene rings is 3. The second-order valence-electron chi connectivity index (χ2n) is 8.47. The lowest BCUT2D eigenvalue weighted by molar-refractivity contribution is -0.116. The Bertz CT molecular complexity index is 1290. The van der Waals surface area contributed by atoms with E-state index in [1.54, 1.807) is 30.3 Å². The minimum Gasteiger partial charge on any atom is -0.348 e. The van der Waals surface area contributed by atoms with E-state index in [-0.39, 0.29) is 24.8 Å². The molecule has 2 amide bonds. The second kappa shape index (κ2) is 11.7. The minimum absolute atomic E-state index is 0.108. The van der Waals surface area contributed by atoms with Crippen molar-refractivity contribution in [3.63, 3.8) is 0 Å². The first-order valence-corrected chi connectivity index (χ1v) is 13.3. The zero-order valence-corrected chi connectivity index (χ0v) is 21.1. The van der Waals surface area contributed by atoms with Crippen LogP contribution in [0.15, 0.2) is 72.8 Å². The topological polar surface area (TPSA) is 95.6 Å². The van der Waals surface area contributed by atoms with E-state index in [9.17, 15) is 18.0 Å². The molecule has 7 nitrogen and oxygen atoms in total. The van der Waals surface area contributed by atoms with Gasteiger partial charge in [-0.3, -0.25) is 13.9 Å². The molecule has 184 valence electrons. The van der Waals surface area contributed by atoms with E-state index in [4.69, 9.17) is 0 Å². The number of hydrogen-bond acceptors (Lipinski definition) is 4. The van der Waals surface area contributed by atoms with E-state index in [0.29, 0.717) is 29.9 Å². The molecule has 0 saturated carbocycles. The molecule has 0 aliphatic carbocycles. The number of aryl methyl sites for hydroxylation is 2. The minimum atomic E-state index is -3.50. The van der Waals surface area contributed by atoms with E-state index in [1.807, 2.05) is 56.3 Å². The molecule has 35 heavy (non-hydrogen) atoms. The average Bonchev–Trinajstić information content (AvgIpc) is 2.82. The number of hydrogen-bond donors (Lipinski definition) is 2. The van der Waals surface area contributed by atoms with Crippen LogP contribution in [0.1, 0.15) is 39.9 Å². The van der Waals surface area contributed by atoms with E-state index in [1.165, 1.54) is 4.31 Å². The average molecular weight is 494 g/mol. The van der Waals surface area contributed by atoms with Gasteiger partial charge in [0.1, 0.15) is 0 Å². The highest BCUT2D eigenvalue weighted by Crippen LogP contribution is 2.22. The van der Waals surface area contributed by atoms with Crippen molar-refractivity contribution in [2.24, 2.45) is 0 Å². The van der Waals surface area contributed by atoms with Crippen molar-refractivity contribution < 1.29 is 18.0 Å². The van der Waals surface area contributed by atoms with Gasteiger partial charge in [-0.05, 0) is 61.2 Å². The van der Waals surface area contributed by atoms with E-state index < -0.39 is 10.0 Å². The summed E-state index contributed by atoms with van der Waals surface area (Å²) >= 11 is 0. The lowest BCUT2D eigenvalue weighted by atomic mass is 10.1. The Hall–Kier alpha value is -3.65. The highest BCUT2D eigenvalue weighted by atomic mass is 32.2. The summed E-state index contributed by atoms with van der Waals surface area (Å²) in [5.74, 6) is -0.579. The van der Waals surface area contributed by atoms with E-state index >= 15 is 0 Å². The SMILES string of the molecule is Cc1ccc(N(CCCC(=O)Nc2ccccc2C(=O)NCc2ccccc2)S(C)(=O)=O)cc1C. The Morgan fingerprint density at radius 1 is 0.886 bits per heavy atom. The van der Waals surface area contributed by atoms with Crippen LogP contribution >= 0.6 is 0 Å². The molecule has 0 heterocycles. The third kappa shape index (κ3) is 7.42. The van der Waals surface area contributed by atoms with Gasteiger partial charge < -0.3 is 10.6 Å². The summed E-state index contributed by atoms with van der Waals surface area (Å²) in [6.45, 7) is 4.45. The molecule has 0 fully saturated rings. The van der Waals surface area contributed by atoms with Crippen LogP contribution in [0, 0.1) is 13.8 Å². The maximum absolute atomic E-state index is 12.7. The quantitative estimate of drug-likeness (QED) is 0.437. The molecule has 0 saturated heterocycles. The summed E-state index contributed by atoms with van der Waals surface area (Å²) in [4.78, 5) is 25.3. The van der Waals surface area contributed by atoms with Gasteiger partial charge in [0.05, 0.1) is 23.2 Å². The van der Waals surface area contributed by atoms with Gasteiger partial charge in [-0.2, -0.15) is 0 Å². The summed E-state index contributed by atoms with van der Waals surface area (Å²) in [5.41, 5.74) is 4.41. The Balaban J connectivity index is 1.60. The molecule has 3 aromatic rings. The fraction of sp³-hybridized carbons (Fsp3) is 0.259. The Morgan fingerprint density at radius 2 is 1.57 bits per heavy atom. The molecule has 0 radical (unpaired) electrons. The van der Waals surface area contributed by atoms with Crippen LogP contribution in [-0.2, 0) is 21.4 Å². The number of amides is 2. The molecule has 3 rings (SSSR count). The van der Waals surface area contributed by atoms with Crippen LogP contribution in [0.5, 0.6) is 0 Å². The first kappa shape index (κ1) is 26.0. The van der Waals surface area contributed by atoms with Crippen LogP contribution < -0.4 is 14.9 Å². The Kier molecular flexibility index (Phi) is 8.65. The summed E-state index contributed by atoms with van der Waals surface area (Å²) in [7, 11) is -3.50. The summed E-state index contributed by atoms with van der Waals surface area (Å²) < 4.78 is 26.0. The molecular formula is C27H31N3O4S.